The second-order valence-electron chi connectivity index (χ2n) is 2.54. The molecule has 5 nitrogen and oxygen atoms in total. The number of carboxylic acids is 1. The van der Waals surface area contributed by atoms with Gasteiger partial charge in [0.1, 0.15) is 0 Å². The molecular weight excluding hydrogens is 158 g/mol. The highest BCUT2D eigenvalue weighted by atomic mass is 16.4. The third-order valence-corrected chi connectivity index (χ3v) is 1.31. The number of nitrogens with one attached hydrogen (secondary N) is 2. The maximum atomic E-state index is 10.4. The maximum absolute atomic E-state index is 10.4. The molecule has 3 N–H and O–H groups in total. The standard InChI is InChI=1S/C7H9N3O2/c1-4(8)2-5-3-6(7(11)12)10-9-5/h3,8H,2H2,1H3,(H,9,10)(H,11,12). The van der Waals surface area contributed by atoms with Crippen molar-refractivity contribution in [3.8, 4) is 0 Å². The van der Waals surface area contributed by atoms with E-state index in [1.807, 2.05) is 0 Å². The molecular formula is C7H9N3O2. The average molecular weight is 167 g/mol. The van der Waals surface area contributed by atoms with Gasteiger partial charge in [0.25, 0.3) is 0 Å². The van der Waals surface area contributed by atoms with Gasteiger partial charge in [0.15, 0.2) is 5.69 Å². The molecule has 0 fully saturated rings. The molecule has 1 rings (SSSR count). The summed E-state index contributed by atoms with van der Waals surface area (Å²) in [5.74, 6) is -1.06. The van der Waals surface area contributed by atoms with Crippen molar-refractivity contribution in [1.29, 1.82) is 5.41 Å². The van der Waals surface area contributed by atoms with Gasteiger partial charge in [-0.15, -0.1) is 0 Å². The lowest BCUT2D eigenvalue weighted by molar-refractivity contribution is 0.0690. The second kappa shape index (κ2) is 3.17. The Bertz CT molecular complexity index is 316. The predicted molar refractivity (Wildman–Crippen MR) is 42.7 cm³/mol. The summed E-state index contributed by atoms with van der Waals surface area (Å²) in [6.45, 7) is 1.65. The van der Waals surface area contributed by atoms with Crippen molar-refractivity contribution in [2.24, 2.45) is 0 Å². The monoisotopic (exact) mass is 167 g/mol. The first kappa shape index (κ1) is 8.45. The zero-order valence-corrected chi connectivity index (χ0v) is 6.59. The molecule has 0 bridgehead atoms. The lowest BCUT2D eigenvalue weighted by Crippen LogP contribution is -1.95. The van der Waals surface area contributed by atoms with Crippen LogP contribution < -0.4 is 0 Å². The summed E-state index contributed by atoms with van der Waals surface area (Å²) in [4.78, 5) is 10.4. The highest BCUT2D eigenvalue weighted by molar-refractivity contribution is 5.86. The summed E-state index contributed by atoms with van der Waals surface area (Å²) in [6, 6.07) is 1.43. The number of rotatable bonds is 3. The van der Waals surface area contributed by atoms with Crippen molar-refractivity contribution in [3.05, 3.63) is 17.5 Å². The molecule has 0 aliphatic rings. The summed E-state index contributed by atoms with van der Waals surface area (Å²) in [6.07, 6.45) is 0.417. The van der Waals surface area contributed by atoms with Crippen molar-refractivity contribution >= 4 is 11.7 Å². The first-order chi connectivity index (χ1) is 5.59. The second-order valence-corrected chi connectivity index (χ2v) is 2.54. The van der Waals surface area contributed by atoms with Crippen molar-refractivity contribution in [3.63, 3.8) is 0 Å². The van der Waals surface area contributed by atoms with Crippen LogP contribution in [0.5, 0.6) is 0 Å². The molecule has 0 radical (unpaired) electrons. The normalized spacial score (nSPS) is 9.75. The molecule has 0 amide bonds. The Kier molecular flexibility index (Phi) is 2.23. The third kappa shape index (κ3) is 1.91. The fourth-order valence-electron chi connectivity index (χ4n) is 0.847. The van der Waals surface area contributed by atoms with E-state index in [1.165, 1.54) is 6.07 Å². The van der Waals surface area contributed by atoms with Gasteiger partial charge in [0.2, 0.25) is 0 Å². The van der Waals surface area contributed by atoms with E-state index >= 15 is 0 Å². The molecule has 0 saturated heterocycles. The minimum absolute atomic E-state index is 0.00810. The van der Waals surface area contributed by atoms with Crippen LogP contribution >= 0.6 is 0 Å². The molecule has 0 aliphatic carbocycles. The molecule has 0 atom stereocenters. The van der Waals surface area contributed by atoms with Crippen LogP contribution in [0.2, 0.25) is 0 Å². The lowest BCUT2D eigenvalue weighted by atomic mass is 10.2. The van der Waals surface area contributed by atoms with Gasteiger partial charge in [-0.25, -0.2) is 4.79 Å². The van der Waals surface area contributed by atoms with Crippen LogP contribution in [-0.2, 0) is 6.42 Å². The topological polar surface area (TPSA) is 89.8 Å². The predicted octanol–water partition coefficient (Wildman–Crippen LogP) is 0.690. The Morgan fingerprint density at radius 1 is 1.83 bits per heavy atom. The maximum Gasteiger partial charge on any atom is 0.356 e. The van der Waals surface area contributed by atoms with Gasteiger partial charge < -0.3 is 10.5 Å². The quantitative estimate of drug-likeness (QED) is 0.578. The van der Waals surface area contributed by atoms with Crippen LogP contribution in [0.15, 0.2) is 6.07 Å². The minimum Gasteiger partial charge on any atom is -0.476 e. The number of nitrogens with zero attached hydrogens (tertiary/aromatic N) is 1. The summed E-state index contributed by atoms with van der Waals surface area (Å²) in [5.41, 5.74) is 1.11. The van der Waals surface area contributed by atoms with E-state index < -0.39 is 5.97 Å². The molecule has 12 heavy (non-hydrogen) atoms. The van der Waals surface area contributed by atoms with Crippen LogP contribution in [-0.4, -0.2) is 27.0 Å². The highest BCUT2D eigenvalue weighted by Crippen LogP contribution is 2.00. The molecule has 0 saturated carbocycles. The van der Waals surface area contributed by atoms with Crippen LogP contribution in [0, 0.1) is 5.41 Å². The van der Waals surface area contributed by atoms with E-state index in [0.717, 1.165) is 0 Å². The van der Waals surface area contributed by atoms with E-state index in [-0.39, 0.29) is 5.69 Å². The first-order valence-corrected chi connectivity index (χ1v) is 3.41. The molecule has 64 valence electrons. The molecule has 0 spiro atoms. The Hall–Kier alpha value is -1.65. The van der Waals surface area contributed by atoms with Crippen LogP contribution in [0.3, 0.4) is 0 Å². The van der Waals surface area contributed by atoms with Crippen LogP contribution in [0.1, 0.15) is 23.1 Å². The largest absolute Gasteiger partial charge is 0.476 e. The van der Waals surface area contributed by atoms with Gasteiger partial charge in [-0.05, 0) is 13.0 Å². The number of carboxylic acid groups (broad SMARTS) is 1. The van der Waals surface area contributed by atoms with Crippen molar-refractivity contribution in [2.45, 2.75) is 13.3 Å². The van der Waals surface area contributed by atoms with E-state index in [4.69, 9.17) is 10.5 Å². The Labute approximate surface area is 68.9 Å². The van der Waals surface area contributed by atoms with E-state index in [2.05, 4.69) is 10.2 Å². The van der Waals surface area contributed by atoms with Gasteiger partial charge in [-0.1, -0.05) is 0 Å². The lowest BCUT2D eigenvalue weighted by Gasteiger charge is -1.90. The van der Waals surface area contributed by atoms with E-state index in [0.29, 0.717) is 17.8 Å². The average Bonchev–Trinajstić information content (AvgIpc) is 2.34. The van der Waals surface area contributed by atoms with Crippen molar-refractivity contribution in [1.82, 2.24) is 10.2 Å². The zero-order valence-electron chi connectivity index (χ0n) is 6.59. The first-order valence-electron chi connectivity index (χ1n) is 3.41. The number of H-pyrrole nitrogens is 1. The Balaban J connectivity index is 2.77. The number of aromatic amines is 1. The number of aromatic carboxylic acids is 1. The SMILES string of the molecule is CC(=N)Cc1cc(C(=O)O)n[nH]1. The molecule has 0 aromatic carbocycles. The molecule has 1 heterocycles. The fraction of sp³-hybridized carbons (Fsp3) is 0.286. The van der Waals surface area contributed by atoms with Crippen molar-refractivity contribution < 1.29 is 9.90 Å². The van der Waals surface area contributed by atoms with Crippen LogP contribution in [0.25, 0.3) is 0 Å². The number of carbonyl (C=O) groups is 1. The number of hydrogen-bond donors (Lipinski definition) is 3. The minimum atomic E-state index is -1.06. The molecule has 0 aliphatic heterocycles. The molecule has 5 heteroatoms. The summed E-state index contributed by atoms with van der Waals surface area (Å²) < 4.78 is 0. The fourth-order valence-corrected chi connectivity index (χ4v) is 0.847. The molecule has 0 unspecified atom stereocenters. The number of aromatic nitrogens is 2. The van der Waals surface area contributed by atoms with Crippen molar-refractivity contribution in [2.75, 3.05) is 0 Å². The summed E-state index contributed by atoms with van der Waals surface area (Å²) in [5, 5.41) is 21.7. The Morgan fingerprint density at radius 2 is 2.50 bits per heavy atom. The smallest absolute Gasteiger partial charge is 0.356 e. The van der Waals surface area contributed by atoms with E-state index in [9.17, 15) is 4.79 Å². The number of hydrogen-bond acceptors (Lipinski definition) is 3. The van der Waals surface area contributed by atoms with Gasteiger partial charge in [-0.3, -0.25) is 5.10 Å². The van der Waals surface area contributed by atoms with Gasteiger partial charge in [0, 0.05) is 17.8 Å². The van der Waals surface area contributed by atoms with Crippen LogP contribution in [0.4, 0.5) is 0 Å². The van der Waals surface area contributed by atoms with Gasteiger partial charge in [0.05, 0.1) is 0 Å². The summed E-state index contributed by atoms with van der Waals surface area (Å²) >= 11 is 0. The van der Waals surface area contributed by atoms with Gasteiger partial charge in [-0.2, -0.15) is 5.10 Å². The van der Waals surface area contributed by atoms with Gasteiger partial charge >= 0.3 is 5.97 Å². The summed E-state index contributed by atoms with van der Waals surface area (Å²) in [7, 11) is 0. The molecule has 1 aromatic heterocycles. The third-order valence-electron chi connectivity index (χ3n) is 1.31. The zero-order chi connectivity index (χ0) is 9.14. The highest BCUT2D eigenvalue weighted by Gasteiger charge is 2.07. The molecule has 1 aromatic rings. The van der Waals surface area contributed by atoms with E-state index in [1.54, 1.807) is 6.92 Å². The Morgan fingerprint density at radius 3 is 2.92 bits per heavy atom.